The molecular formula is C11H10BrF3N2S. The number of aryl methyl sites for hydroxylation is 1. The summed E-state index contributed by atoms with van der Waals surface area (Å²) in [6.07, 6.45) is -4.89. The normalized spacial score (nSPS) is 12.2. The molecule has 2 rings (SSSR count). The lowest BCUT2D eigenvalue weighted by Crippen LogP contribution is -2.09. The molecule has 98 valence electrons. The maximum Gasteiger partial charge on any atom is 0.389 e. The number of alkyl halides is 3. The fraction of sp³-hybridized carbons (Fsp3) is 0.364. The molecule has 0 aliphatic carbocycles. The first-order chi connectivity index (χ1) is 8.37. The molecule has 0 unspecified atom stereocenters. The van der Waals surface area contributed by atoms with E-state index in [9.17, 15) is 13.2 Å². The van der Waals surface area contributed by atoms with Crippen LogP contribution in [0.3, 0.4) is 0 Å². The van der Waals surface area contributed by atoms with Gasteiger partial charge in [-0.1, -0.05) is 15.9 Å². The topological polar surface area (TPSA) is 20.7 Å². The summed E-state index contributed by atoms with van der Waals surface area (Å²) in [6, 6.07) is 5.54. The van der Waals surface area contributed by atoms with Crippen molar-refractivity contribution in [3.63, 3.8) is 0 Å². The molecule has 0 radical (unpaired) electrons. The number of aromatic nitrogens is 2. The van der Waals surface area contributed by atoms with Crippen LogP contribution in [0.5, 0.6) is 0 Å². The molecule has 0 atom stereocenters. The van der Waals surface area contributed by atoms with Crippen molar-refractivity contribution in [2.45, 2.75) is 25.6 Å². The lowest BCUT2D eigenvalue weighted by atomic mass is 10.3. The van der Waals surface area contributed by atoms with Crippen molar-refractivity contribution < 1.29 is 13.2 Å². The van der Waals surface area contributed by atoms with Crippen LogP contribution in [0.4, 0.5) is 13.2 Å². The Bertz CT molecular complexity index is 615. The molecule has 0 spiro atoms. The van der Waals surface area contributed by atoms with E-state index >= 15 is 0 Å². The Kier molecular flexibility index (Phi) is 3.82. The van der Waals surface area contributed by atoms with Gasteiger partial charge in [-0.05, 0) is 36.8 Å². The molecule has 1 N–H and O–H groups in total. The maximum absolute atomic E-state index is 12.1. The fourth-order valence-electron chi connectivity index (χ4n) is 1.79. The Labute approximate surface area is 115 Å². The Morgan fingerprint density at radius 3 is 2.72 bits per heavy atom. The van der Waals surface area contributed by atoms with Crippen LogP contribution in [0, 0.1) is 4.77 Å². The van der Waals surface area contributed by atoms with E-state index in [0.29, 0.717) is 4.77 Å². The Morgan fingerprint density at radius 1 is 1.33 bits per heavy atom. The molecule has 1 aromatic heterocycles. The molecule has 0 bridgehead atoms. The summed E-state index contributed by atoms with van der Waals surface area (Å²) in [4.78, 5) is 2.98. The molecule has 0 saturated heterocycles. The minimum Gasteiger partial charge on any atom is -0.331 e. The lowest BCUT2D eigenvalue weighted by Gasteiger charge is -2.07. The standard InChI is InChI=1S/C11H10BrF3N2S/c12-7-2-3-8-9(6-7)17(10(18)16-8)5-1-4-11(13,14)15/h2-3,6H,1,4-5H2,(H,16,18). The zero-order valence-electron chi connectivity index (χ0n) is 9.22. The van der Waals surface area contributed by atoms with Crippen LogP contribution in [0.15, 0.2) is 22.7 Å². The van der Waals surface area contributed by atoms with Crippen LogP contribution in [0.25, 0.3) is 11.0 Å². The van der Waals surface area contributed by atoms with E-state index in [1.54, 1.807) is 4.57 Å². The number of H-pyrrole nitrogens is 1. The van der Waals surface area contributed by atoms with Crippen molar-refractivity contribution in [3.05, 3.63) is 27.4 Å². The van der Waals surface area contributed by atoms with E-state index in [-0.39, 0.29) is 13.0 Å². The smallest absolute Gasteiger partial charge is 0.331 e. The van der Waals surface area contributed by atoms with Crippen molar-refractivity contribution in [1.29, 1.82) is 0 Å². The van der Waals surface area contributed by atoms with Crippen molar-refractivity contribution in [1.82, 2.24) is 9.55 Å². The van der Waals surface area contributed by atoms with Crippen molar-refractivity contribution in [2.75, 3.05) is 0 Å². The first-order valence-corrected chi connectivity index (χ1v) is 6.52. The van der Waals surface area contributed by atoms with E-state index in [1.165, 1.54) is 0 Å². The van der Waals surface area contributed by atoms with Crippen LogP contribution in [0.1, 0.15) is 12.8 Å². The summed E-state index contributed by atoms with van der Waals surface area (Å²) in [5.74, 6) is 0. The fourth-order valence-corrected chi connectivity index (χ4v) is 2.43. The highest BCUT2D eigenvalue weighted by Crippen LogP contribution is 2.24. The summed E-state index contributed by atoms with van der Waals surface area (Å²) in [6.45, 7) is 0.259. The maximum atomic E-state index is 12.1. The van der Waals surface area contributed by atoms with Gasteiger partial charge in [0.25, 0.3) is 0 Å². The average Bonchev–Trinajstić information content (AvgIpc) is 2.54. The van der Waals surface area contributed by atoms with Gasteiger partial charge in [-0.25, -0.2) is 0 Å². The number of benzene rings is 1. The number of rotatable bonds is 3. The molecule has 2 aromatic rings. The molecule has 18 heavy (non-hydrogen) atoms. The summed E-state index contributed by atoms with van der Waals surface area (Å²) in [5, 5.41) is 0. The summed E-state index contributed by atoms with van der Waals surface area (Å²) in [5.41, 5.74) is 1.65. The number of nitrogens with zero attached hydrogens (tertiary/aromatic N) is 1. The average molecular weight is 339 g/mol. The number of aromatic amines is 1. The van der Waals surface area contributed by atoms with E-state index in [2.05, 4.69) is 20.9 Å². The van der Waals surface area contributed by atoms with Gasteiger partial charge in [0.15, 0.2) is 4.77 Å². The third-order valence-corrected chi connectivity index (χ3v) is 3.39. The zero-order valence-corrected chi connectivity index (χ0v) is 11.6. The second-order valence-electron chi connectivity index (χ2n) is 3.96. The first kappa shape index (κ1) is 13.6. The van der Waals surface area contributed by atoms with E-state index < -0.39 is 12.6 Å². The molecule has 7 heteroatoms. The second-order valence-corrected chi connectivity index (χ2v) is 5.26. The Balaban J connectivity index is 2.25. The van der Waals surface area contributed by atoms with Gasteiger partial charge in [-0.2, -0.15) is 13.2 Å². The van der Waals surface area contributed by atoms with Gasteiger partial charge in [-0.3, -0.25) is 0 Å². The lowest BCUT2D eigenvalue weighted by molar-refractivity contribution is -0.135. The number of imidazole rings is 1. The van der Waals surface area contributed by atoms with E-state index in [4.69, 9.17) is 12.2 Å². The summed E-state index contributed by atoms with van der Waals surface area (Å²) in [7, 11) is 0. The van der Waals surface area contributed by atoms with Crippen molar-refractivity contribution in [2.24, 2.45) is 0 Å². The Hall–Kier alpha value is -0.820. The predicted octanol–water partition coefficient (Wildman–Crippen LogP) is 4.80. The van der Waals surface area contributed by atoms with Gasteiger partial charge in [0.2, 0.25) is 0 Å². The number of hydrogen-bond donors (Lipinski definition) is 1. The van der Waals surface area contributed by atoms with Crippen LogP contribution in [0.2, 0.25) is 0 Å². The third-order valence-electron chi connectivity index (χ3n) is 2.58. The van der Waals surface area contributed by atoms with E-state index in [1.807, 2.05) is 18.2 Å². The van der Waals surface area contributed by atoms with Crippen LogP contribution in [-0.4, -0.2) is 15.7 Å². The van der Waals surface area contributed by atoms with Crippen molar-refractivity contribution in [3.8, 4) is 0 Å². The van der Waals surface area contributed by atoms with Crippen LogP contribution in [-0.2, 0) is 6.54 Å². The number of nitrogens with one attached hydrogen (secondary N) is 1. The predicted molar refractivity (Wildman–Crippen MR) is 70.1 cm³/mol. The largest absolute Gasteiger partial charge is 0.389 e. The minimum atomic E-state index is -4.12. The SMILES string of the molecule is FC(F)(F)CCCn1c(=S)[nH]c2ccc(Br)cc21. The molecular weight excluding hydrogens is 329 g/mol. The van der Waals surface area contributed by atoms with Gasteiger partial charge < -0.3 is 9.55 Å². The molecule has 0 amide bonds. The molecule has 0 fully saturated rings. The first-order valence-electron chi connectivity index (χ1n) is 5.32. The van der Waals surface area contributed by atoms with Crippen LogP contribution < -0.4 is 0 Å². The summed E-state index contributed by atoms with van der Waals surface area (Å²) >= 11 is 8.45. The molecule has 1 aromatic carbocycles. The highest BCUT2D eigenvalue weighted by Gasteiger charge is 2.26. The molecule has 0 saturated carbocycles. The van der Waals surface area contributed by atoms with Crippen molar-refractivity contribution >= 4 is 39.2 Å². The van der Waals surface area contributed by atoms with Crippen LogP contribution >= 0.6 is 28.1 Å². The molecule has 0 aliphatic heterocycles. The highest BCUT2D eigenvalue weighted by molar-refractivity contribution is 9.10. The molecule has 1 heterocycles. The van der Waals surface area contributed by atoms with E-state index in [0.717, 1.165) is 15.5 Å². The van der Waals surface area contributed by atoms with Gasteiger partial charge >= 0.3 is 6.18 Å². The number of hydrogen-bond acceptors (Lipinski definition) is 1. The van der Waals surface area contributed by atoms with Gasteiger partial charge in [0.1, 0.15) is 0 Å². The third kappa shape index (κ3) is 3.14. The quantitative estimate of drug-likeness (QED) is 0.797. The monoisotopic (exact) mass is 338 g/mol. The molecule has 0 aliphatic rings. The van der Waals surface area contributed by atoms with Gasteiger partial charge in [0.05, 0.1) is 11.0 Å². The molecule has 2 nitrogen and oxygen atoms in total. The zero-order chi connectivity index (χ0) is 13.3. The van der Waals surface area contributed by atoms with Gasteiger partial charge in [0, 0.05) is 17.4 Å². The summed E-state index contributed by atoms with van der Waals surface area (Å²) < 4.78 is 39.4. The Morgan fingerprint density at radius 2 is 2.06 bits per heavy atom. The minimum absolute atomic E-state index is 0.0251. The second kappa shape index (κ2) is 5.05. The number of halogens is 4. The van der Waals surface area contributed by atoms with Gasteiger partial charge in [-0.15, -0.1) is 0 Å². The number of fused-ring (bicyclic) bond motifs is 1. The highest BCUT2D eigenvalue weighted by atomic mass is 79.9.